The summed E-state index contributed by atoms with van der Waals surface area (Å²) in [6.07, 6.45) is 10.3. The molecule has 0 saturated heterocycles. The van der Waals surface area contributed by atoms with Gasteiger partial charge in [0.2, 0.25) is 5.91 Å². The van der Waals surface area contributed by atoms with Gasteiger partial charge in [0, 0.05) is 52.2 Å². The van der Waals surface area contributed by atoms with Crippen LogP contribution in [0.5, 0.6) is 0 Å². The molecule has 3 N–H and O–H groups in total. The SMILES string of the molecule is C/C(=C\c1ccc(NC(=O)C2(NC(=O)c3ccc4c(C5CCCC5)c(-c5ccc(C)nc5)n(C)c4c3)CCC2)cc1)C(=O)O. The molecule has 226 valence electrons. The van der Waals surface area contributed by atoms with E-state index in [1.54, 1.807) is 30.3 Å². The number of pyridine rings is 1. The Morgan fingerprint density at radius 1 is 1.00 bits per heavy atom. The molecule has 2 amide bonds. The smallest absolute Gasteiger partial charge is 0.331 e. The van der Waals surface area contributed by atoms with Crippen molar-refractivity contribution in [1.29, 1.82) is 0 Å². The lowest BCUT2D eigenvalue weighted by Crippen LogP contribution is -2.61. The van der Waals surface area contributed by atoms with E-state index in [-0.39, 0.29) is 17.4 Å². The van der Waals surface area contributed by atoms with E-state index >= 15 is 0 Å². The minimum atomic E-state index is -0.980. The molecule has 0 radical (unpaired) electrons. The Morgan fingerprint density at radius 2 is 1.73 bits per heavy atom. The molecule has 44 heavy (non-hydrogen) atoms. The van der Waals surface area contributed by atoms with Crippen LogP contribution >= 0.6 is 0 Å². The van der Waals surface area contributed by atoms with Gasteiger partial charge < -0.3 is 20.3 Å². The number of amides is 2. The topological polar surface area (TPSA) is 113 Å². The lowest BCUT2D eigenvalue weighted by Gasteiger charge is -2.40. The molecule has 0 aliphatic heterocycles. The van der Waals surface area contributed by atoms with E-state index in [9.17, 15) is 14.4 Å². The molecular weight excluding hydrogens is 552 g/mol. The minimum Gasteiger partial charge on any atom is -0.478 e. The third-order valence-corrected chi connectivity index (χ3v) is 9.33. The Balaban J connectivity index is 1.25. The molecule has 0 unspecified atom stereocenters. The number of fused-ring (bicyclic) bond motifs is 1. The molecule has 6 rings (SSSR count). The van der Waals surface area contributed by atoms with Crippen LogP contribution in [0.2, 0.25) is 0 Å². The van der Waals surface area contributed by atoms with Gasteiger partial charge in [-0.2, -0.15) is 0 Å². The van der Waals surface area contributed by atoms with Crippen LogP contribution in [0.1, 0.15) is 85.0 Å². The highest BCUT2D eigenvalue weighted by Gasteiger charge is 2.45. The summed E-state index contributed by atoms with van der Waals surface area (Å²) in [5, 5.41) is 16.3. The number of aryl methyl sites for hydroxylation is 2. The predicted octanol–water partition coefficient (Wildman–Crippen LogP) is 6.99. The Morgan fingerprint density at radius 3 is 2.34 bits per heavy atom. The summed E-state index contributed by atoms with van der Waals surface area (Å²) in [5.74, 6) is -1.02. The van der Waals surface area contributed by atoms with E-state index in [1.165, 1.54) is 30.7 Å². The maximum atomic E-state index is 13.7. The van der Waals surface area contributed by atoms with Crippen LogP contribution in [0.25, 0.3) is 28.2 Å². The second kappa shape index (κ2) is 11.8. The lowest BCUT2D eigenvalue weighted by molar-refractivity contribution is -0.132. The van der Waals surface area contributed by atoms with Gasteiger partial charge in [0.1, 0.15) is 5.54 Å². The fourth-order valence-electron chi connectivity index (χ4n) is 6.65. The zero-order valence-electron chi connectivity index (χ0n) is 25.4. The average molecular weight is 591 g/mol. The summed E-state index contributed by atoms with van der Waals surface area (Å²) in [6, 6.07) is 17.0. The number of carbonyl (C=O) groups is 3. The van der Waals surface area contributed by atoms with E-state index in [0.29, 0.717) is 30.0 Å². The lowest BCUT2D eigenvalue weighted by atomic mass is 9.75. The molecule has 0 atom stereocenters. The minimum absolute atomic E-state index is 0.226. The number of hydrogen-bond acceptors (Lipinski definition) is 4. The van der Waals surface area contributed by atoms with Crippen molar-refractivity contribution >= 4 is 40.4 Å². The van der Waals surface area contributed by atoms with Gasteiger partial charge in [-0.1, -0.05) is 31.0 Å². The average Bonchev–Trinajstić information content (AvgIpc) is 3.62. The standard InChI is InChI=1S/C36H38N4O4/c1-22(34(42)43)19-24-10-14-28(15-11-24)38-35(44)36(17-6-18-36)39-33(41)26-13-16-29-30(20-26)40(3)32(27-12-9-23(2)37-21-27)31(29)25-7-4-5-8-25/h9-16,19-21,25H,4-8,17-18H2,1-3H3,(H,38,44)(H,39,41)(H,42,43)/b22-19+. The Hall–Kier alpha value is -4.72. The van der Waals surface area contributed by atoms with Gasteiger partial charge in [0.05, 0.1) is 5.69 Å². The monoisotopic (exact) mass is 590 g/mol. The Labute approximate surface area is 257 Å². The van der Waals surface area contributed by atoms with Crippen LogP contribution in [0.4, 0.5) is 5.69 Å². The molecule has 2 aromatic carbocycles. The molecule has 4 aromatic rings. The van der Waals surface area contributed by atoms with E-state index in [0.717, 1.165) is 47.3 Å². The number of aliphatic carboxylic acids is 1. The summed E-state index contributed by atoms with van der Waals surface area (Å²) in [6.45, 7) is 3.52. The summed E-state index contributed by atoms with van der Waals surface area (Å²) >= 11 is 0. The largest absolute Gasteiger partial charge is 0.478 e. The number of aromatic nitrogens is 2. The summed E-state index contributed by atoms with van der Waals surface area (Å²) in [7, 11) is 2.06. The second-order valence-corrected chi connectivity index (χ2v) is 12.3. The van der Waals surface area contributed by atoms with Crippen molar-refractivity contribution in [1.82, 2.24) is 14.9 Å². The summed E-state index contributed by atoms with van der Waals surface area (Å²) in [4.78, 5) is 42.8. The van der Waals surface area contributed by atoms with Crippen molar-refractivity contribution in [2.24, 2.45) is 7.05 Å². The van der Waals surface area contributed by atoms with Crippen molar-refractivity contribution in [3.63, 3.8) is 0 Å². The zero-order chi connectivity index (χ0) is 31.0. The van der Waals surface area contributed by atoms with Crippen LogP contribution in [0.15, 0.2) is 66.4 Å². The number of hydrogen-bond donors (Lipinski definition) is 3. The van der Waals surface area contributed by atoms with Crippen molar-refractivity contribution in [3.05, 3.63) is 88.8 Å². The van der Waals surface area contributed by atoms with E-state index in [1.807, 2.05) is 31.3 Å². The Bertz CT molecular complexity index is 1770. The number of anilines is 1. The van der Waals surface area contributed by atoms with E-state index in [4.69, 9.17) is 5.11 Å². The molecule has 0 spiro atoms. The van der Waals surface area contributed by atoms with Crippen molar-refractivity contribution in [2.45, 2.75) is 70.3 Å². The first kappa shape index (κ1) is 29.4. The van der Waals surface area contributed by atoms with Gasteiger partial charge in [-0.3, -0.25) is 14.6 Å². The molecule has 2 saturated carbocycles. The number of carboxylic acid groups (broad SMARTS) is 1. The molecule has 8 nitrogen and oxygen atoms in total. The molecule has 2 aliphatic rings. The van der Waals surface area contributed by atoms with Crippen LogP contribution in [0, 0.1) is 6.92 Å². The van der Waals surface area contributed by atoms with Crippen molar-refractivity contribution in [3.8, 4) is 11.3 Å². The maximum Gasteiger partial charge on any atom is 0.331 e. The van der Waals surface area contributed by atoms with Gasteiger partial charge in [0.25, 0.3) is 5.91 Å². The Kier molecular flexibility index (Phi) is 7.84. The molecule has 0 bridgehead atoms. The fraction of sp³-hybridized carbons (Fsp3) is 0.333. The van der Waals surface area contributed by atoms with E-state index < -0.39 is 11.5 Å². The molecular formula is C36H38N4O4. The summed E-state index contributed by atoms with van der Waals surface area (Å²) < 4.78 is 2.19. The quantitative estimate of drug-likeness (QED) is 0.192. The second-order valence-electron chi connectivity index (χ2n) is 12.3. The zero-order valence-corrected chi connectivity index (χ0v) is 25.4. The van der Waals surface area contributed by atoms with Gasteiger partial charge in [-0.05, 0) is 105 Å². The highest BCUT2D eigenvalue weighted by molar-refractivity contribution is 6.06. The highest BCUT2D eigenvalue weighted by Crippen LogP contribution is 2.44. The molecule has 2 fully saturated rings. The number of carbonyl (C=O) groups excluding carboxylic acids is 2. The molecule has 8 heteroatoms. The van der Waals surface area contributed by atoms with Gasteiger partial charge >= 0.3 is 5.97 Å². The molecule has 2 aliphatic carbocycles. The number of benzene rings is 2. The predicted molar refractivity (Wildman–Crippen MR) is 173 cm³/mol. The van der Waals surface area contributed by atoms with Crippen molar-refractivity contribution < 1.29 is 19.5 Å². The highest BCUT2D eigenvalue weighted by atomic mass is 16.4. The number of rotatable bonds is 8. The summed E-state index contributed by atoms with van der Waals surface area (Å²) in [5.41, 5.74) is 6.63. The number of nitrogens with one attached hydrogen (secondary N) is 2. The van der Waals surface area contributed by atoms with Crippen LogP contribution in [-0.4, -0.2) is 38.0 Å². The normalized spacial score (nSPS) is 16.5. The fourth-order valence-corrected chi connectivity index (χ4v) is 6.65. The third-order valence-electron chi connectivity index (χ3n) is 9.33. The van der Waals surface area contributed by atoms with Crippen LogP contribution in [0.3, 0.4) is 0 Å². The van der Waals surface area contributed by atoms with Gasteiger partial charge in [-0.25, -0.2) is 4.79 Å². The first-order valence-electron chi connectivity index (χ1n) is 15.4. The van der Waals surface area contributed by atoms with E-state index in [2.05, 4.69) is 39.4 Å². The van der Waals surface area contributed by atoms with Crippen LogP contribution in [-0.2, 0) is 16.6 Å². The number of carboxylic acids is 1. The first-order chi connectivity index (χ1) is 21.1. The van der Waals surface area contributed by atoms with Gasteiger partial charge in [0.15, 0.2) is 0 Å². The maximum absolute atomic E-state index is 13.7. The number of nitrogens with zero attached hydrogens (tertiary/aromatic N) is 2. The molecule has 2 heterocycles. The molecule has 2 aromatic heterocycles. The van der Waals surface area contributed by atoms with Gasteiger partial charge in [-0.15, -0.1) is 0 Å². The van der Waals surface area contributed by atoms with Crippen LogP contribution < -0.4 is 10.6 Å². The third kappa shape index (κ3) is 5.52. The van der Waals surface area contributed by atoms with Crippen molar-refractivity contribution in [2.75, 3.05) is 5.32 Å². The first-order valence-corrected chi connectivity index (χ1v) is 15.4.